The molecule has 2 rings (SSSR count). The lowest BCUT2D eigenvalue weighted by Gasteiger charge is -2.28. The molecule has 94 valence electrons. The van der Waals surface area contributed by atoms with E-state index in [4.69, 9.17) is 4.42 Å². The van der Waals surface area contributed by atoms with Crippen molar-refractivity contribution in [1.29, 1.82) is 0 Å². The summed E-state index contributed by atoms with van der Waals surface area (Å²) in [4.78, 5) is 14.0. The fourth-order valence-electron chi connectivity index (χ4n) is 2.37. The number of nitrogens with one attached hydrogen (secondary N) is 1. The second-order valence-electron chi connectivity index (χ2n) is 5.04. The Kier molecular flexibility index (Phi) is 3.24. The topological polar surface area (TPSA) is 45.5 Å². The van der Waals surface area contributed by atoms with E-state index in [1.807, 2.05) is 33.0 Å². The van der Waals surface area contributed by atoms with Gasteiger partial charge in [0.15, 0.2) is 0 Å². The Morgan fingerprint density at radius 2 is 2.35 bits per heavy atom. The van der Waals surface area contributed by atoms with Crippen molar-refractivity contribution in [2.75, 3.05) is 13.6 Å². The van der Waals surface area contributed by atoms with E-state index in [-0.39, 0.29) is 5.91 Å². The van der Waals surface area contributed by atoms with Crippen LogP contribution in [-0.2, 0) is 11.3 Å². The average molecular weight is 236 g/mol. The van der Waals surface area contributed by atoms with Crippen molar-refractivity contribution in [1.82, 2.24) is 10.2 Å². The number of likely N-dealkylation sites (N-methyl/N-ethyl adjacent to an activating group) is 1. The summed E-state index contributed by atoms with van der Waals surface area (Å²) in [5.41, 5.74) is -0.392. The van der Waals surface area contributed by atoms with Crippen molar-refractivity contribution < 1.29 is 9.21 Å². The summed E-state index contributed by atoms with van der Waals surface area (Å²) in [6.45, 7) is 5.34. The molecule has 17 heavy (non-hydrogen) atoms. The lowest BCUT2D eigenvalue weighted by molar-refractivity contribution is -0.136. The molecule has 1 atom stereocenters. The van der Waals surface area contributed by atoms with Gasteiger partial charge in [0.2, 0.25) is 5.91 Å². The van der Waals surface area contributed by atoms with E-state index in [9.17, 15) is 4.79 Å². The molecule has 4 nitrogen and oxygen atoms in total. The van der Waals surface area contributed by atoms with Gasteiger partial charge in [-0.25, -0.2) is 0 Å². The molecule has 4 heteroatoms. The molecule has 0 bridgehead atoms. The Morgan fingerprint density at radius 1 is 1.59 bits per heavy atom. The predicted molar refractivity (Wildman–Crippen MR) is 65.6 cm³/mol. The van der Waals surface area contributed by atoms with Gasteiger partial charge in [0, 0.05) is 7.05 Å². The highest BCUT2D eigenvalue weighted by molar-refractivity contribution is 5.86. The van der Waals surface area contributed by atoms with Crippen LogP contribution in [0.15, 0.2) is 16.5 Å². The summed E-state index contributed by atoms with van der Waals surface area (Å²) < 4.78 is 5.49. The van der Waals surface area contributed by atoms with Gasteiger partial charge in [-0.15, -0.1) is 0 Å². The third-order valence-electron chi connectivity index (χ3n) is 3.38. The van der Waals surface area contributed by atoms with E-state index in [1.165, 1.54) is 0 Å². The Bertz CT molecular complexity index is 405. The van der Waals surface area contributed by atoms with Crippen LogP contribution in [0.3, 0.4) is 0 Å². The van der Waals surface area contributed by atoms with Crippen molar-refractivity contribution in [2.45, 2.75) is 38.8 Å². The molecular formula is C13H20N2O2. The highest BCUT2D eigenvalue weighted by Crippen LogP contribution is 2.21. The van der Waals surface area contributed by atoms with Crippen molar-refractivity contribution in [3.05, 3.63) is 23.7 Å². The smallest absolute Gasteiger partial charge is 0.242 e. The van der Waals surface area contributed by atoms with E-state index >= 15 is 0 Å². The lowest BCUT2D eigenvalue weighted by Crippen LogP contribution is -2.51. The summed E-state index contributed by atoms with van der Waals surface area (Å²) in [5, 5.41) is 3.28. The van der Waals surface area contributed by atoms with Crippen LogP contribution in [0.25, 0.3) is 0 Å². The molecular weight excluding hydrogens is 216 g/mol. The Hall–Kier alpha value is -1.29. The Morgan fingerprint density at radius 3 is 2.88 bits per heavy atom. The van der Waals surface area contributed by atoms with Gasteiger partial charge in [0.05, 0.1) is 12.1 Å². The van der Waals surface area contributed by atoms with Crippen LogP contribution in [0.4, 0.5) is 0 Å². The minimum atomic E-state index is -0.392. The minimum Gasteiger partial charge on any atom is -0.464 e. The number of carbonyl (C=O) groups is 1. The first-order valence-corrected chi connectivity index (χ1v) is 6.07. The zero-order valence-corrected chi connectivity index (χ0v) is 10.7. The first kappa shape index (κ1) is 12.2. The number of furan rings is 1. The largest absolute Gasteiger partial charge is 0.464 e. The number of hydrogen-bond donors (Lipinski definition) is 1. The zero-order valence-electron chi connectivity index (χ0n) is 10.7. The second kappa shape index (κ2) is 4.53. The number of aryl methyl sites for hydroxylation is 1. The molecule has 0 aliphatic carbocycles. The van der Waals surface area contributed by atoms with Gasteiger partial charge in [-0.3, -0.25) is 4.79 Å². The fraction of sp³-hybridized carbons (Fsp3) is 0.615. The molecule has 0 saturated carbocycles. The van der Waals surface area contributed by atoms with Gasteiger partial charge in [-0.05, 0) is 45.4 Å². The monoisotopic (exact) mass is 236 g/mol. The Balaban J connectivity index is 2.00. The maximum Gasteiger partial charge on any atom is 0.242 e. The highest BCUT2D eigenvalue weighted by atomic mass is 16.3. The van der Waals surface area contributed by atoms with Crippen molar-refractivity contribution in [3.8, 4) is 0 Å². The molecule has 1 aromatic rings. The van der Waals surface area contributed by atoms with E-state index in [0.29, 0.717) is 6.54 Å². The van der Waals surface area contributed by atoms with Crippen molar-refractivity contribution in [3.63, 3.8) is 0 Å². The molecule has 1 amide bonds. The first-order valence-electron chi connectivity index (χ1n) is 6.07. The van der Waals surface area contributed by atoms with Gasteiger partial charge in [-0.1, -0.05) is 0 Å². The minimum absolute atomic E-state index is 0.143. The van der Waals surface area contributed by atoms with E-state index in [0.717, 1.165) is 30.9 Å². The highest BCUT2D eigenvalue weighted by Gasteiger charge is 2.37. The van der Waals surface area contributed by atoms with E-state index in [1.54, 1.807) is 4.90 Å². The SMILES string of the molecule is Cc1ccc(CN(C)C(=O)C2(C)CCCN2)o1. The molecule has 2 heterocycles. The summed E-state index contributed by atoms with van der Waals surface area (Å²) >= 11 is 0. The molecule has 0 radical (unpaired) electrons. The second-order valence-corrected chi connectivity index (χ2v) is 5.04. The molecule has 1 aliphatic rings. The van der Waals surface area contributed by atoms with Gasteiger partial charge in [0.1, 0.15) is 11.5 Å². The third-order valence-corrected chi connectivity index (χ3v) is 3.38. The molecule has 1 N–H and O–H groups in total. The van der Waals surface area contributed by atoms with Crippen molar-refractivity contribution in [2.24, 2.45) is 0 Å². The predicted octanol–water partition coefficient (Wildman–Crippen LogP) is 1.69. The lowest BCUT2D eigenvalue weighted by atomic mass is 9.98. The average Bonchev–Trinajstić information content (AvgIpc) is 2.88. The van der Waals surface area contributed by atoms with Crippen molar-refractivity contribution >= 4 is 5.91 Å². The van der Waals surface area contributed by atoms with E-state index < -0.39 is 5.54 Å². The van der Waals surface area contributed by atoms with Crippen LogP contribution < -0.4 is 5.32 Å². The van der Waals surface area contributed by atoms with Gasteiger partial charge in [0.25, 0.3) is 0 Å². The fourth-order valence-corrected chi connectivity index (χ4v) is 2.37. The Labute approximate surface area is 102 Å². The van der Waals surface area contributed by atoms with Crippen LogP contribution >= 0.6 is 0 Å². The van der Waals surface area contributed by atoms with Crippen LogP contribution in [0.5, 0.6) is 0 Å². The van der Waals surface area contributed by atoms with Crippen LogP contribution in [0.2, 0.25) is 0 Å². The van der Waals surface area contributed by atoms with Gasteiger partial charge < -0.3 is 14.6 Å². The maximum atomic E-state index is 12.3. The molecule has 1 saturated heterocycles. The zero-order chi connectivity index (χ0) is 12.5. The number of hydrogen-bond acceptors (Lipinski definition) is 3. The van der Waals surface area contributed by atoms with E-state index in [2.05, 4.69) is 5.32 Å². The number of nitrogens with zero attached hydrogens (tertiary/aromatic N) is 1. The summed E-state index contributed by atoms with van der Waals surface area (Å²) in [7, 11) is 1.82. The number of rotatable bonds is 3. The van der Waals surface area contributed by atoms with Crippen LogP contribution in [-0.4, -0.2) is 29.9 Å². The van der Waals surface area contributed by atoms with Gasteiger partial charge >= 0.3 is 0 Å². The summed E-state index contributed by atoms with van der Waals surface area (Å²) in [5.74, 6) is 1.86. The molecule has 1 aliphatic heterocycles. The quantitative estimate of drug-likeness (QED) is 0.868. The third kappa shape index (κ3) is 2.52. The first-order chi connectivity index (χ1) is 8.01. The molecule has 1 fully saturated rings. The molecule has 0 aromatic carbocycles. The van der Waals surface area contributed by atoms with Crippen LogP contribution in [0, 0.1) is 6.92 Å². The summed E-state index contributed by atoms with van der Waals surface area (Å²) in [6.07, 6.45) is 1.98. The van der Waals surface area contributed by atoms with Gasteiger partial charge in [-0.2, -0.15) is 0 Å². The normalized spacial score (nSPS) is 23.9. The number of carbonyl (C=O) groups excluding carboxylic acids is 1. The number of amides is 1. The summed E-state index contributed by atoms with van der Waals surface area (Å²) in [6, 6.07) is 3.84. The van der Waals surface area contributed by atoms with Crippen LogP contribution in [0.1, 0.15) is 31.3 Å². The molecule has 1 aromatic heterocycles. The molecule has 1 unspecified atom stereocenters. The molecule has 0 spiro atoms. The standard InChI is InChI=1S/C13H20N2O2/c1-10-5-6-11(17-10)9-15(3)12(16)13(2)7-4-8-14-13/h5-6,14H,4,7-9H2,1-3H3. The maximum absolute atomic E-state index is 12.3.